The van der Waals surface area contributed by atoms with Crippen LogP contribution in [0.5, 0.6) is 0 Å². The number of carbonyl (C=O) groups is 1. The molecule has 0 fully saturated rings. The van der Waals surface area contributed by atoms with Crippen LogP contribution in [0.1, 0.15) is 15.9 Å². The Morgan fingerprint density at radius 3 is 2.52 bits per heavy atom. The molecule has 0 bridgehead atoms. The molecule has 0 aliphatic rings. The van der Waals surface area contributed by atoms with E-state index in [2.05, 4.69) is 10.3 Å². The van der Waals surface area contributed by atoms with E-state index in [9.17, 15) is 9.90 Å². The van der Waals surface area contributed by atoms with Gasteiger partial charge in [0, 0.05) is 5.56 Å². The summed E-state index contributed by atoms with van der Waals surface area (Å²) < 4.78 is 1.48. The summed E-state index contributed by atoms with van der Waals surface area (Å²) in [5.41, 5.74) is 3.51. The predicted octanol–water partition coefficient (Wildman–Crippen LogP) is 2.94. The van der Waals surface area contributed by atoms with Gasteiger partial charge in [-0.2, -0.15) is 0 Å². The summed E-state index contributed by atoms with van der Waals surface area (Å²) >= 11 is 0. The minimum absolute atomic E-state index is 0.192. The molecule has 0 atom stereocenters. The van der Waals surface area contributed by atoms with Crippen LogP contribution in [0.4, 0.5) is 0 Å². The minimum Gasteiger partial charge on any atom is -0.478 e. The highest BCUT2D eigenvalue weighted by atomic mass is 16.4. The molecule has 0 saturated carbocycles. The van der Waals surface area contributed by atoms with Gasteiger partial charge in [-0.1, -0.05) is 47.2 Å². The van der Waals surface area contributed by atoms with Crippen LogP contribution < -0.4 is 0 Å². The standard InChI is InChI=1S/C16H13N3O2/c1-11-6-8-12(9-7-11)14-10-19(18-17-14)15-5-3-2-4-13(15)16(20)21/h2-10H,1H3,(H,20,21). The summed E-state index contributed by atoms with van der Waals surface area (Å²) in [5.74, 6) is -0.988. The Hall–Kier alpha value is -2.95. The van der Waals surface area contributed by atoms with Crippen molar-refractivity contribution in [2.75, 3.05) is 0 Å². The average molecular weight is 279 g/mol. The van der Waals surface area contributed by atoms with Crippen LogP contribution in [0.15, 0.2) is 54.7 Å². The highest BCUT2D eigenvalue weighted by molar-refractivity contribution is 5.91. The van der Waals surface area contributed by atoms with Crippen LogP contribution in [-0.4, -0.2) is 26.1 Å². The lowest BCUT2D eigenvalue weighted by Crippen LogP contribution is -2.05. The number of hydrogen-bond donors (Lipinski definition) is 1. The van der Waals surface area contributed by atoms with E-state index < -0.39 is 5.97 Å². The molecule has 0 unspecified atom stereocenters. The van der Waals surface area contributed by atoms with Crippen LogP contribution in [0.25, 0.3) is 16.9 Å². The number of nitrogens with zero attached hydrogens (tertiary/aromatic N) is 3. The fourth-order valence-corrected chi connectivity index (χ4v) is 2.09. The molecule has 0 radical (unpaired) electrons. The van der Waals surface area contributed by atoms with Crippen molar-refractivity contribution in [3.05, 3.63) is 65.9 Å². The first-order valence-electron chi connectivity index (χ1n) is 6.47. The molecule has 0 aliphatic heterocycles. The lowest BCUT2D eigenvalue weighted by Gasteiger charge is -2.03. The molecule has 2 aromatic carbocycles. The molecule has 0 amide bonds. The van der Waals surface area contributed by atoms with E-state index in [-0.39, 0.29) is 5.56 Å². The molecule has 0 aliphatic carbocycles. The van der Waals surface area contributed by atoms with Gasteiger partial charge in [0.05, 0.1) is 17.4 Å². The van der Waals surface area contributed by atoms with Gasteiger partial charge in [-0.15, -0.1) is 5.10 Å². The molecule has 5 heteroatoms. The number of benzene rings is 2. The van der Waals surface area contributed by atoms with E-state index >= 15 is 0 Å². The van der Waals surface area contributed by atoms with Crippen LogP contribution in [0.2, 0.25) is 0 Å². The maximum Gasteiger partial charge on any atom is 0.337 e. The van der Waals surface area contributed by atoms with E-state index in [1.807, 2.05) is 31.2 Å². The van der Waals surface area contributed by atoms with Gasteiger partial charge >= 0.3 is 5.97 Å². The first-order valence-corrected chi connectivity index (χ1v) is 6.47. The molecule has 1 N–H and O–H groups in total. The van der Waals surface area contributed by atoms with Gasteiger partial charge in [0.25, 0.3) is 0 Å². The monoisotopic (exact) mass is 279 g/mol. The second kappa shape index (κ2) is 5.20. The third-order valence-corrected chi connectivity index (χ3v) is 3.22. The predicted molar refractivity (Wildman–Crippen MR) is 78.5 cm³/mol. The summed E-state index contributed by atoms with van der Waals surface area (Å²) in [6.45, 7) is 2.02. The zero-order valence-electron chi connectivity index (χ0n) is 11.4. The largest absolute Gasteiger partial charge is 0.478 e. The van der Waals surface area contributed by atoms with Crippen LogP contribution in [0, 0.1) is 6.92 Å². The Morgan fingerprint density at radius 2 is 1.81 bits per heavy atom. The van der Waals surface area contributed by atoms with Crippen molar-refractivity contribution in [1.29, 1.82) is 0 Å². The summed E-state index contributed by atoms with van der Waals surface area (Å²) in [7, 11) is 0. The van der Waals surface area contributed by atoms with Crippen molar-refractivity contribution in [2.45, 2.75) is 6.92 Å². The van der Waals surface area contributed by atoms with Gasteiger partial charge in [-0.05, 0) is 19.1 Å². The van der Waals surface area contributed by atoms with E-state index in [4.69, 9.17) is 0 Å². The quantitative estimate of drug-likeness (QED) is 0.800. The number of carboxylic acids is 1. The van der Waals surface area contributed by atoms with Gasteiger partial charge in [0.2, 0.25) is 0 Å². The molecule has 3 rings (SSSR count). The molecular weight excluding hydrogens is 266 g/mol. The second-order valence-electron chi connectivity index (χ2n) is 4.74. The maximum absolute atomic E-state index is 11.2. The van der Waals surface area contributed by atoms with Crippen LogP contribution >= 0.6 is 0 Å². The number of carboxylic acid groups (broad SMARTS) is 1. The minimum atomic E-state index is -0.988. The average Bonchev–Trinajstić information content (AvgIpc) is 2.97. The number of aryl methyl sites for hydroxylation is 1. The third-order valence-electron chi connectivity index (χ3n) is 3.22. The smallest absolute Gasteiger partial charge is 0.337 e. The molecule has 5 nitrogen and oxygen atoms in total. The molecule has 3 aromatic rings. The van der Waals surface area contributed by atoms with Crippen molar-refractivity contribution in [1.82, 2.24) is 15.0 Å². The molecule has 0 saturated heterocycles. The van der Waals surface area contributed by atoms with Crippen molar-refractivity contribution >= 4 is 5.97 Å². The number of para-hydroxylation sites is 1. The highest BCUT2D eigenvalue weighted by Gasteiger charge is 2.12. The molecule has 1 heterocycles. The van der Waals surface area contributed by atoms with E-state index in [1.54, 1.807) is 30.5 Å². The molecule has 21 heavy (non-hydrogen) atoms. The molecular formula is C16H13N3O2. The second-order valence-corrected chi connectivity index (χ2v) is 4.74. The van der Waals surface area contributed by atoms with Gasteiger partial charge in [-0.25, -0.2) is 9.48 Å². The summed E-state index contributed by atoms with van der Waals surface area (Å²) in [6.07, 6.45) is 1.73. The Labute approximate surface area is 121 Å². The van der Waals surface area contributed by atoms with Gasteiger partial charge < -0.3 is 5.11 Å². The van der Waals surface area contributed by atoms with E-state index in [1.165, 1.54) is 10.2 Å². The Morgan fingerprint density at radius 1 is 1.10 bits per heavy atom. The zero-order chi connectivity index (χ0) is 14.8. The number of aromatic carboxylic acids is 1. The number of rotatable bonds is 3. The summed E-state index contributed by atoms with van der Waals surface area (Å²) in [4.78, 5) is 11.2. The van der Waals surface area contributed by atoms with Crippen molar-refractivity contribution in [3.8, 4) is 16.9 Å². The summed E-state index contributed by atoms with van der Waals surface area (Å²) in [5, 5.41) is 17.4. The Bertz CT molecular complexity index is 791. The molecule has 104 valence electrons. The molecule has 1 aromatic heterocycles. The Balaban J connectivity index is 2.03. The fraction of sp³-hybridized carbons (Fsp3) is 0.0625. The maximum atomic E-state index is 11.2. The molecule has 0 spiro atoms. The van der Waals surface area contributed by atoms with Gasteiger partial charge in [0.1, 0.15) is 5.69 Å². The van der Waals surface area contributed by atoms with Crippen LogP contribution in [0.3, 0.4) is 0 Å². The normalized spacial score (nSPS) is 10.5. The third kappa shape index (κ3) is 2.53. The zero-order valence-corrected chi connectivity index (χ0v) is 11.4. The van der Waals surface area contributed by atoms with Crippen LogP contribution in [-0.2, 0) is 0 Å². The van der Waals surface area contributed by atoms with Crippen molar-refractivity contribution in [2.24, 2.45) is 0 Å². The van der Waals surface area contributed by atoms with Crippen molar-refractivity contribution < 1.29 is 9.90 Å². The Kier molecular flexibility index (Phi) is 3.23. The number of aromatic nitrogens is 3. The van der Waals surface area contributed by atoms with Gasteiger partial charge in [0.15, 0.2) is 0 Å². The van der Waals surface area contributed by atoms with Crippen molar-refractivity contribution in [3.63, 3.8) is 0 Å². The van der Waals surface area contributed by atoms with Gasteiger partial charge in [-0.3, -0.25) is 0 Å². The SMILES string of the molecule is Cc1ccc(-c2cn(-c3ccccc3C(=O)O)nn2)cc1. The summed E-state index contributed by atoms with van der Waals surface area (Å²) in [6, 6.07) is 14.6. The highest BCUT2D eigenvalue weighted by Crippen LogP contribution is 2.19. The first kappa shape index (κ1) is 13.1. The topological polar surface area (TPSA) is 68.0 Å². The fourth-order valence-electron chi connectivity index (χ4n) is 2.09. The van der Waals surface area contributed by atoms with E-state index in [0.717, 1.165) is 5.56 Å². The lowest BCUT2D eigenvalue weighted by atomic mass is 10.1. The van der Waals surface area contributed by atoms with E-state index in [0.29, 0.717) is 11.4 Å². The first-order chi connectivity index (χ1) is 10.1. The number of hydrogen-bond acceptors (Lipinski definition) is 3. The lowest BCUT2D eigenvalue weighted by molar-refractivity contribution is 0.0696.